The van der Waals surface area contributed by atoms with Crippen molar-refractivity contribution in [2.75, 3.05) is 6.54 Å². The lowest BCUT2D eigenvalue weighted by molar-refractivity contribution is -0.123. The summed E-state index contributed by atoms with van der Waals surface area (Å²) < 4.78 is 0. The van der Waals surface area contributed by atoms with Crippen LogP contribution in [0, 0.1) is 11.3 Å². The number of nitriles is 1. The number of carboxylic acid groups (broad SMARTS) is 1. The molecule has 1 aliphatic rings. The third-order valence-electron chi connectivity index (χ3n) is 1.86. The molecule has 1 saturated carbocycles. The normalized spacial score (nSPS) is 16.8. The minimum atomic E-state index is -1.22. The molecule has 6 heteroatoms. The van der Waals surface area contributed by atoms with Crippen LogP contribution in [0.1, 0.15) is 12.8 Å². The molecule has 6 nitrogen and oxygen atoms in total. The minimum Gasteiger partial charge on any atom is -0.465 e. The Kier molecular flexibility index (Phi) is 2.37. The molecule has 13 heavy (non-hydrogen) atoms. The number of carbonyl (C=O) groups is 2. The van der Waals surface area contributed by atoms with Crippen molar-refractivity contribution >= 4 is 12.0 Å². The first-order valence-electron chi connectivity index (χ1n) is 3.77. The van der Waals surface area contributed by atoms with Crippen LogP contribution in [0.3, 0.4) is 0 Å². The van der Waals surface area contributed by atoms with Crippen molar-refractivity contribution in [2.24, 2.45) is 0 Å². The predicted molar refractivity (Wildman–Crippen MR) is 41.7 cm³/mol. The van der Waals surface area contributed by atoms with Gasteiger partial charge in [-0.05, 0) is 12.8 Å². The van der Waals surface area contributed by atoms with E-state index in [0.29, 0.717) is 12.8 Å². The molecule has 0 atom stereocenters. The highest BCUT2D eigenvalue weighted by molar-refractivity contribution is 5.92. The fraction of sp³-hybridized carbons (Fsp3) is 0.571. The number of nitrogens with one attached hydrogen (secondary N) is 2. The molecule has 1 fully saturated rings. The Balaban J connectivity index is 2.46. The Morgan fingerprint density at radius 2 is 2.15 bits per heavy atom. The fourth-order valence-corrected chi connectivity index (χ4v) is 1.03. The van der Waals surface area contributed by atoms with Crippen LogP contribution in [0.2, 0.25) is 0 Å². The summed E-state index contributed by atoms with van der Waals surface area (Å²) in [5.41, 5.74) is -0.970. The third kappa shape index (κ3) is 2.08. The Hall–Kier alpha value is -1.77. The molecule has 0 spiro atoms. The van der Waals surface area contributed by atoms with E-state index in [4.69, 9.17) is 10.4 Å². The molecule has 1 aliphatic carbocycles. The number of amides is 2. The summed E-state index contributed by atoms with van der Waals surface area (Å²) in [7, 11) is 0. The summed E-state index contributed by atoms with van der Waals surface area (Å²) in [6.07, 6.45) is -0.225. The van der Waals surface area contributed by atoms with Crippen LogP contribution >= 0.6 is 0 Å². The highest BCUT2D eigenvalue weighted by Crippen LogP contribution is 2.35. The van der Waals surface area contributed by atoms with Gasteiger partial charge in [-0.3, -0.25) is 4.79 Å². The first-order chi connectivity index (χ1) is 6.10. The molecule has 3 N–H and O–H groups in total. The van der Waals surface area contributed by atoms with Gasteiger partial charge in [-0.25, -0.2) is 4.79 Å². The molecule has 0 heterocycles. The Morgan fingerprint density at radius 1 is 1.54 bits per heavy atom. The van der Waals surface area contributed by atoms with E-state index in [1.165, 1.54) is 0 Å². The van der Waals surface area contributed by atoms with E-state index in [-0.39, 0.29) is 6.54 Å². The van der Waals surface area contributed by atoms with Crippen molar-refractivity contribution in [2.45, 2.75) is 18.4 Å². The standard InChI is InChI=1S/C7H9N3O3/c8-3-4-9-5(11)7(1-2-7)10-6(12)13/h10H,1-2,4H2,(H,9,11)(H,12,13). The van der Waals surface area contributed by atoms with Crippen LogP contribution < -0.4 is 10.6 Å². The first kappa shape index (κ1) is 9.32. The number of nitrogens with zero attached hydrogens (tertiary/aromatic N) is 1. The molecule has 1 rings (SSSR count). The fourth-order valence-electron chi connectivity index (χ4n) is 1.03. The van der Waals surface area contributed by atoms with Gasteiger partial charge in [0.15, 0.2) is 0 Å². The average Bonchev–Trinajstić information content (AvgIpc) is 2.80. The molecular weight excluding hydrogens is 174 g/mol. The molecule has 0 aliphatic heterocycles. The summed E-state index contributed by atoms with van der Waals surface area (Å²) in [4.78, 5) is 21.5. The molecule has 0 aromatic carbocycles. The van der Waals surface area contributed by atoms with Gasteiger partial charge in [-0.1, -0.05) is 0 Å². The van der Waals surface area contributed by atoms with Crippen LogP contribution in [0.4, 0.5) is 4.79 Å². The summed E-state index contributed by atoms with van der Waals surface area (Å²) in [5.74, 6) is -0.420. The Bertz CT molecular complexity index is 277. The lowest BCUT2D eigenvalue weighted by atomic mass is 10.2. The number of carbonyl (C=O) groups excluding carboxylic acids is 1. The van der Waals surface area contributed by atoms with Crippen molar-refractivity contribution in [3.63, 3.8) is 0 Å². The molecule has 0 aromatic rings. The minimum absolute atomic E-state index is 0.0954. The van der Waals surface area contributed by atoms with Gasteiger partial charge in [0.2, 0.25) is 5.91 Å². The topological polar surface area (TPSA) is 102 Å². The van der Waals surface area contributed by atoms with E-state index in [2.05, 4.69) is 10.6 Å². The van der Waals surface area contributed by atoms with Gasteiger partial charge in [0.05, 0.1) is 6.07 Å². The van der Waals surface area contributed by atoms with Gasteiger partial charge in [0, 0.05) is 0 Å². The lowest BCUT2D eigenvalue weighted by Crippen LogP contribution is -2.48. The summed E-state index contributed by atoms with van der Waals surface area (Å²) in [5, 5.41) is 21.0. The van der Waals surface area contributed by atoms with E-state index in [0.717, 1.165) is 0 Å². The highest BCUT2D eigenvalue weighted by Gasteiger charge is 2.51. The van der Waals surface area contributed by atoms with Gasteiger partial charge in [-0.15, -0.1) is 0 Å². The van der Waals surface area contributed by atoms with E-state index >= 15 is 0 Å². The van der Waals surface area contributed by atoms with E-state index in [1.807, 2.05) is 0 Å². The molecule has 70 valence electrons. The SMILES string of the molecule is N#CCNC(=O)C1(NC(=O)O)CC1. The van der Waals surface area contributed by atoms with Gasteiger partial charge < -0.3 is 15.7 Å². The van der Waals surface area contributed by atoms with Crippen LogP contribution in [0.25, 0.3) is 0 Å². The van der Waals surface area contributed by atoms with Gasteiger partial charge in [0.25, 0.3) is 0 Å². The van der Waals surface area contributed by atoms with Crippen LogP contribution in [0.5, 0.6) is 0 Å². The molecule has 0 aromatic heterocycles. The zero-order valence-corrected chi connectivity index (χ0v) is 6.83. The van der Waals surface area contributed by atoms with Crippen molar-refractivity contribution in [3.8, 4) is 6.07 Å². The van der Waals surface area contributed by atoms with E-state index in [9.17, 15) is 9.59 Å². The van der Waals surface area contributed by atoms with Gasteiger partial charge >= 0.3 is 6.09 Å². The van der Waals surface area contributed by atoms with Crippen molar-refractivity contribution in [3.05, 3.63) is 0 Å². The molecule has 0 saturated heterocycles. The molecule has 0 radical (unpaired) electrons. The third-order valence-corrected chi connectivity index (χ3v) is 1.86. The average molecular weight is 183 g/mol. The Labute approximate surface area is 74.5 Å². The van der Waals surface area contributed by atoms with Crippen molar-refractivity contribution < 1.29 is 14.7 Å². The zero-order valence-electron chi connectivity index (χ0n) is 6.83. The second-order valence-electron chi connectivity index (χ2n) is 2.85. The first-order valence-corrected chi connectivity index (χ1v) is 3.77. The van der Waals surface area contributed by atoms with Crippen LogP contribution in [-0.4, -0.2) is 29.2 Å². The van der Waals surface area contributed by atoms with Crippen LogP contribution in [0.15, 0.2) is 0 Å². The maximum atomic E-state index is 11.2. The largest absolute Gasteiger partial charge is 0.465 e. The second-order valence-corrected chi connectivity index (χ2v) is 2.85. The molecule has 0 unspecified atom stereocenters. The molecule has 2 amide bonds. The maximum Gasteiger partial charge on any atom is 0.405 e. The lowest BCUT2D eigenvalue weighted by Gasteiger charge is -2.12. The monoisotopic (exact) mass is 183 g/mol. The predicted octanol–water partition coefficient (Wildman–Crippen LogP) is -0.574. The summed E-state index contributed by atoms with van der Waals surface area (Å²) >= 11 is 0. The maximum absolute atomic E-state index is 11.2. The van der Waals surface area contributed by atoms with Crippen molar-refractivity contribution in [1.82, 2.24) is 10.6 Å². The highest BCUT2D eigenvalue weighted by atomic mass is 16.4. The van der Waals surface area contributed by atoms with E-state index < -0.39 is 17.5 Å². The number of hydrogen-bond donors (Lipinski definition) is 3. The van der Waals surface area contributed by atoms with Gasteiger partial charge in [0.1, 0.15) is 12.1 Å². The quantitative estimate of drug-likeness (QED) is 0.509. The summed E-state index contributed by atoms with van der Waals surface area (Å²) in [6, 6.07) is 1.74. The van der Waals surface area contributed by atoms with Crippen LogP contribution in [-0.2, 0) is 4.79 Å². The molecular formula is C7H9N3O3. The second kappa shape index (κ2) is 3.31. The zero-order chi connectivity index (χ0) is 9.90. The Morgan fingerprint density at radius 3 is 2.54 bits per heavy atom. The van der Waals surface area contributed by atoms with E-state index in [1.54, 1.807) is 6.07 Å². The number of hydrogen-bond acceptors (Lipinski definition) is 3. The number of rotatable bonds is 3. The smallest absolute Gasteiger partial charge is 0.405 e. The summed E-state index contributed by atoms with van der Waals surface area (Å²) in [6.45, 7) is -0.0954. The van der Waals surface area contributed by atoms with Gasteiger partial charge in [-0.2, -0.15) is 5.26 Å². The molecule has 0 bridgehead atoms. The van der Waals surface area contributed by atoms with Crippen molar-refractivity contribution in [1.29, 1.82) is 5.26 Å².